The average molecular weight is 457 g/mol. The quantitative estimate of drug-likeness (QED) is 0.347. The Morgan fingerprint density at radius 3 is 2.15 bits per heavy atom. The van der Waals surface area contributed by atoms with E-state index in [1.54, 1.807) is 12.1 Å². The number of amides is 1. The second kappa shape index (κ2) is 9.64. The van der Waals surface area contributed by atoms with Crippen LogP contribution in [-0.4, -0.2) is 12.5 Å². The van der Waals surface area contributed by atoms with Crippen LogP contribution in [0.3, 0.4) is 0 Å². The first kappa shape index (κ1) is 22.2. The SMILES string of the molecule is Cc1cc(OCC(=O)Nc2oc(-c3ccccc3)c(-c3ccccc3)c2C#N)cc(C)c1Cl. The fraction of sp³-hybridized carbons (Fsp3) is 0.111. The van der Waals surface area contributed by atoms with Crippen LogP contribution in [0.4, 0.5) is 5.88 Å². The summed E-state index contributed by atoms with van der Waals surface area (Å²) in [5, 5.41) is 13.3. The molecule has 0 radical (unpaired) electrons. The highest BCUT2D eigenvalue weighted by Gasteiger charge is 2.24. The van der Waals surface area contributed by atoms with Gasteiger partial charge < -0.3 is 9.15 Å². The van der Waals surface area contributed by atoms with Crippen LogP contribution in [-0.2, 0) is 4.79 Å². The van der Waals surface area contributed by atoms with Gasteiger partial charge in [0.15, 0.2) is 6.61 Å². The molecule has 0 aliphatic carbocycles. The number of nitrogens with one attached hydrogen (secondary N) is 1. The van der Waals surface area contributed by atoms with Gasteiger partial charge in [-0.25, -0.2) is 0 Å². The molecule has 1 amide bonds. The maximum atomic E-state index is 12.7. The normalized spacial score (nSPS) is 10.5. The van der Waals surface area contributed by atoms with Gasteiger partial charge in [-0.15, -0.1) is 0 Å². The third-order valence-corrected chi connectivity index (χ3v) is 5.75. The Labute approximate surface area is 197 Å². The molecule has 4 rings (SSSR count). The summed E-state index contributed by atoms with van der Waals surface area (Å²) in [4.78, 5) is 12.7. The van der Waals surface area contributed by atoms with E-state index in [0.29, 0.717) is 22.1 Å². The molecule has 0 aliphatic heterocycles. The van der Waals surface area contributed by atoms with Crippen LogP contribution >= 0.6 is 11.6 Å². The Morgan fingerprint density at radius 1 is 1.00 bits per heavy atom. The van der Waals surface area contributed by atoms with Gasteiger partial charge in [0.2, 0.25) is 5.88 Å². The average Bonchev–Trinajstić information content (AvgIpc) is 3.20. The molecule has 0 aliphatic rings. The Kier molecular flexibility index (Phi) is 6.48. The number of furan rings is 1. The van der Waals surface area contributed by atoms with Crippen molar-refractivity contribution in [2.75, 3.05) is 11.9 Å². The Balaban J connectivity index is 1.63. The molecule has 1 N–H and O–H groups in total. The molecule has 0 saturated heterocycles. The van der Waals surface area contributed by atoms with Gasteiger partial charge in [-0.05, 0) is 42.7 Å². The third kappa shape index (κ3) is 4.77. The number of hydrogen-bond acceptors (Lipinski definition) is 4. The predicted molar refractivity (Wildman–Crippen MR) is 129 cm³/mol. The molecule has 0 atom stereocenters. The zero-order chi connectivity index (χ0) is 23.4. The summed E-state index contributed by atoms with van der Waals surface area (Å²) in [7, 11) is 0. The fourth-order valence-corrected chi connectivity index (χ4v) is 3.71. The Bertz CT molecular complexity index is 1320. The van der Waals surface area contributed by atoms with Gasteiger partial charge in [-0.1, -0.05) is 72.3 Å². The number of rotatable bonds is 6. The van der Waals surface area contributed by atoms with Crippen molar-refractivity contribution in [3.8, 4) is 34.3 Å². The lowest BCUT2D eigenvalue weighted by atomic mass is 9.98. The molecule has 0 saturated carbocycles. The fourth-order valence-electron chi connectivity index (χ4n) is 3.60. The summed E-state index contributed by atoms with van der Waals surface area (Å²) in [5.41, 5.74) is 4.24. The standard InChI is InChI=1S/C27H21ClN2O3/c1-17-13-21(14-18(2)25(17)28)32-16-23(31)30-27-22(15-29)24(19-9-5-3-6-10-19)26(33-27)20-11-7-4-8-12-20/h3-14H,16H2,1-2H3,(H,30,31). The van der Waals surface area contributed by atoms with Crippen LogP contribution in [0, 0.1) is 25.2 Å². The molecular weight excluding hydrogens is 436 g/mol. The van der Waals surface area contributed by atoms with E-state index in [1.165, 1.54) is 0 Å². The van der Waals surface area contributed by atoms with Crippen LogP contribution in [0.25, 0.3) is 22.5 Å². The zero-order valence-corrected chi connectivity index (χ0v) is 18.9. The Morgan fingerprint density at radius 2 is 1.58 bits per heavy atom. The molecule has 0 bridgehead atoms. The van der Waals surface area contributed by atoms with Crippen molar-refractivity contribution >= 4 is 23.4 Å². The van der Waals surface area contributed by atoms with E-state index in [2.05, 4.69) is 11.4 Å². The lowest BCUT2D eigenvalue weighted by Gasteiger charge is -2.09. The molecule has 0 spiro atoms. The molecule has 0 fully saturated rings. The van der Waals surface area contributed by atoms with Gasteiger partial charge in [0.1, 0.15) is 23.1 Å². The van der Waals surface area contributed by atoms with Gasteiger partial charge in [0.05, 0.1) is 0 Å². The number of carbonyl (C=O) groups excluding carboxylic acids is 1. The second-order valence-corrected chi connectivity index (χ2v) is 7.94. The molecule has 3 aromatic carbocycles. The largest absolute Gasteiger partial charge is 0.484 e. The lowest BCUT2D eigenvalue weighted by Crippen LogP contribution is -2.20. The van der Waals surface area contributed by atoms with E-state index >= 15 is 0 Å². The maximum Gasteiger partial charge on any atom is 0.264 e. The number of hydrogen-bond donors (Lipinski definition) is 1. The van der Waals surface area contributed by atoms with Crippen molar-refractivity contribution < 1.29 is 13.9 Å². The summed E-state index contributed by atoms with van der Waals surface area (Å²) in [5.74, 6) is 0.704. The summed E-state index contributed by atoms with van der Waals surface area (Å²) < 4.78 is 11.7. The molecule has 4 aromatic rings. The van der Waals surface area contributed by atoms with Crippen LogP contribution in [0.5, 0.6) is 5.75 Å². The van der Waals surface area contributed by atoms with Gasteiger partial charge in [0.25, 0.3) is 5.91 Å². The van der Waals surface area contributed by atoms with E-state index < -0.39 is 5.91 Å². The van der Waals surface area contributed by atoms with Gasteiger partial charge >= 0.3 is 0 Å². The molecule has 0 unspecified atom stereocenters. The van der Waals surface area contributed by atoms with Gasteiger partial charge in [0, 0.05) is 16.1 Å². The minimum Gasteiger partial charge on any atom is -0.484 e. The van der Waals surface area contributed by atoms with Gasteiger partial charge in [-0.2, -0.15) is 5.26 Å². The Hall–Kier alpha value is -4.01. The van der Waals surface area contributed by atoms with Crippen molar-refractivity contribution in [1.82, 2.24) is 0 Å². The smallest absolute Gasteiger partial charge is 0.264 e. The summed E-state index contributed by atoms with van der Waals surface area (Å²) in [6.07, 6.45) is 0. The van der Waals surface area contributed by atoms with Crippen molar-refractivity contribution in [1.29, 1.82) is 5.26 Å². The summed E-state index contributed by atoms with van der Waals surface area (Å²) in [6.45, 7) is 3.51. The van der Waals surface area contributed by atoms with E-state index in [0.717, 1.165) is 22.3 Å². The van der Waals surface area contributed by atoms with Crippen molar-refractivity contribution in [2.24, 2.45) is 0 Å². The first-order valence-corrected chi connectivity index (χ1v) is 10.7. The van der Waals surface area contributed by atoms with E-state index in [-0.39, 0.29) is 18.1 Å². The van der Waals surface area contributed by atoms with E-state index in [1.807, 2.05) is 74.5 Å². The highest BCUT2D eigenvalue weighted by molar-refractivity contribution is 6.32. The van der Waals surface area contributed by atoms with Crippen molar-refractivity contribution in [3.05, 3.63) is 94.5 Å². The van der Waals surface area contributed by atoms with E-state index in [4.69, 9.17) is 20.8 Å². The number of carbonyl (C=O) groups is 1. The number of anilines is 1. The topological polar surface area (TPSA) is 75.3 Å². The predicted octanol–water partition coefficient (Wildman–Crippen LogP) is 6.77. The van der Waals surface area contributed by atoms with Crippen LogP contribution in [0.2, 0.25) is 5.02 Å². The highest BCUT2D eigenvalue weighted by atomic mass is 35.5. The number of nitriles is 1. The zero-order valence-electron chi connectivity index (χ0n) is 18.2. The number of nitrogens with zero attached hydrogens (tertiary/aromatic N) is 1. The number of ether oxygens (including phenoxy) is 1. The molecular formula is C27H21ClN2O3. The second-order valence-electron chi connectivity index (χ2n) is 7.56. The number of aryl methyl sites for hydroxylation is 2. The summed E-state index contributed by atoms with van der Waals surface area (Å²) >= 11 is 6.19. The summed E-state index contributed by atoms with van der Waals surface area (Å²) in [6, 6.07) is 24.7. The molecule has 1 heterocycles. The highest BCUT2D eigenvalue weighted by Crippen LogP contribution is 2.41. The van der Waals surface area contributed by atoms with Crippen molar-refractivity contribution in [3.63, 3.8) is 0 Å². The van der Waals surface area contributed by atoms with E-state index in [9.17, 15) is 10.1 Å². The van der Waals surface area contributed by atoms with Crippen molar-refractivity contribution in [2.45, 2.75) is 13.8 Å². The number of benzene rings is 3. The van der Waals surface area contributed by atoms with Crippen LogP contribution in [0.15, 0.2) is 77.2 Å². The first-order chi connectivity index (χ1) is 16.0. The molecule has 164 valence electrons. The van der Waals surface area contributed by atoms with Gasteiger partial charge in [-0.3, -0.25) is 10.1 Å². The first-order valence-electron chi connectivity index (χ1n) is 10.3. The molecule has 6 heteroatoms. The van der Waals surface area contributed by atoms with Crippen LogP contribution in [0.1, 0.15) is 16.7 Å². The minimum absolute atomic E-state index is 0.0901. The monoisotopic (exact) mass is 456 g/mol. The third-order valence-electron chi connectivity index (χ3n) is 5.15. The lowest BCUT2D eigenvalue weighted by molar-refractivity contribution is -0.118. The maximum absolute atomic E-state index is 12.7. The van der Waals surface area contributed by atoms with Crippen LogP contribution < -0.4 is 10.1 Å². The molecule has 5 nitrogen and oxygen atoms in total. The minimum atomic E-state index is -0.440. The molecule has 1 aromatic heterocycles. The molecule has 33 heavy (non-hydrogen) atoms. The number of halogens is 1.